The van der Waals surface area contributed by atoms with Crippen LogP contribution in [0.4, 0.5) is 17.6 Å². The first-order chi connectivity index (χ1) is 6.89. The number of aromatic amines is 1. The molecule has 0 aliphatic heterocycles. The van der Waals surface area contributed by atoms with Gasteiger partial charge in [0.15, 0.2) is 0 Å². The third-order valence-electron chi connectivity index (χ3n) is 1.87. The van der Waals surface area contributed by atoms with Gasteiger partial charge in [-0.2, -0.15) is 17.6 Å². The zero-order valence-electron chi connectivity index (χ0n) is 6.99. The van der Waals surface area contributed by atoms with Crippen molar-refractivity contribution in [2.24, 2.45) is 0 Å². The molecule has 1 N–H and O–H groups in total. The monoisotopic (exact) mass is 282 g/mol. The minimum Gasteiger partial charge on any atom is -0.314 e. The van der Waals surface area contributed by atoms with Crippen LogP contribution in [-0.4, -0.2) is 9.97 Å². The molecule has 0 aliphatic carbocycles. The van der Waals surface area contributed by atoms with Crippen LogP contribution in [0.1, 0.15) is 5.56 Å². The van der Waals surface area contributed by atoms with E-state index in [0.717, 1.165) is 12.1 Å². The Morgan fingerprint density at radius 3 is 2.53 bits per heavy atom. The molecular weight excluding hydrogens is 280 g/mol. The Kier molecular flexibility index (Phi) is 2.22. The van der Waals surface area contributed by atoms with Crippen molar-refractivity contribution in [3.8, 4) is 0 Å². The summed E-state index contributed by atoms with van der Waals surface area (Å²) in [7, 11) is 0. The number of nitrogens with one attached hydrogen (secondary N) is 1. The van der Waals surface area contributed by atoms with Gasteiger partial charge < -0.3 is 4.98 Å². The first-order valence-electron chi connectivity index (χ1n) is 3.80. The van der Waals surface area contributed by atoms with E-state index in [1.54, 1.807) is 0 Å². The molecule has 0 fully saturated rings. The van der Waals surface area contributed by atoms with Gasteiger partial charge in [0.25, 0.3) is 6.08 Å². The highest BCUT2D eigenvalue weighted by atomic mass is 79.9. The number of benzene rings is 1. The Bertz CT molecular complexity index is 517. The van der Waals surface area contributed by atoms with Crippen LogP contribution in [0.2, 0.25) is 0 Å². The number of imidazole rings is 1. The molecule has 0 bridgehead atoms. The van der Waals surface area contributed by atoms with Gasteiger partial charge in [-0.05, 0) is 28.1 Å². The lowest BCUT2D eigenvalue weighted by Gasteiger charge is -2.08. The summed E-state index contributed by atoms with van der Waals surface area (Å²) in [6.45, 7) is 0. The average molecular weight is 283 g/mol. The smallest absolute Gasteiger partial charge is 0.314 e. The van der Waals surface area contributed by atoms with E-state index < -0.39 is 17.8 Å². The number of nitrogens with zero attached hydrogens (tertiary/aromatic N) is 1. The highest BCUT2D eigenvalue weighted by Gasteiger charge is 2.34. The Labute approximate surface area is 89.4 Å². The number of rotatable bonds is 0. The van der Waals surface area contributed by atoms with Crippen molar-refractivity contribution in [2.75, 3.05) is 0 Å². The van der Waals surface area contributed by atoms with Crippen molar-refractivity contribution in [1.29, 1.82) is 0 Å². The molecule has 0 radical (unpaired) electrons. The van der Waals surface area contributed by atoms with Crippen molar-refractivity contribution < 1.29 is 17.6 Å². The molecule has 1 aromatic heterocycles. The first kappa shape index (κ1) is 10.4. The van der Waals surface area contributed by atoms with Crippen LogP contribution in [0.3, 0.4) is 0 Å². The van der Waals surface area contributed by atoms with Gasteiger partial charge in [-0.3, -0.25) is 0 Å². The van der Waals surface area contributed by atoms with Crippen molar-refractivity contribution in [1.82, 2.24) is 9.97 Å². The SMILES string of the molecule is Fc1nc2c(Br)c(C(F)(F)F)ccc2[nH]1. The van der Waals surface area contributed by atoms with E-state index in [1.807, 2.05) is 0 Å². The third kappa shape index (κ3) is 1.71. The van der Waals surface area contributed by atoms with Crippen molar-refractivity contribution in [2.45, 2.75) is 6.18 Å². The molecule has 2 rings (SSSR count). The van der Waals surface area contributed by atoms with E-state index in [4.69, 9.17) is 0 Å². The average Bonchev–Trinajstić information content (AvgIpc) is 2.44. The fraction of sp³-hybridized carbons (Fsp3) is 0.125. The maximum atomic E-state index is 12.7. The fourth-order valence-electron chi connectivity index (χ4n) is 1.23. The lowest BCUT2D eigenvalue weighted by molar-refractivity contribution is -0.138. The number of H-pyrrole nitrogens is 1. The normalized spacial score (nSPS) is 12.3. The highest BCUT2D eigenvalue weighted by molar-refractivity contribution is 9.10. The lowest BCUT2D eigenvalue weighted by Crippen LogP contribution is -2.05. The Morgan fingerprint density at radius 1 is 1.27 bits per heavy atom. The summed E-state index contributed by atoms with van der Waals surface area (Å²) in [5.74, 6) is 0. The van der Waals surface area contributed by atoms with E-state index in [0.29, 0.717) is 0 Å². The van der Waals surface area contributed by atoms with Crippen LogP contribution >= 0.6 is 15.9 Å². The highest BCUT2D eigenvalue weighted by Crippen LogP contribution is 2.37. The predicted molar refractivity (Wildman–Crippen MR) is 48.8 cm³/mol. The van der Waals surface area contributed by atoms with Gasteiger partial charge in [-0.25, -0.2) is 4.98 Å². The summed E-state index contributed by atoms with van der Waals surface area (Å²) in [5.41, 5.74) is -0.726. The lowest BCUT2D eigenvalue weighted by atomic mass is 10.2. The molecule has 0 saturated carbocycles. The minimum absolute atomic E-state index is 0.0673. The Hall–Kier alpha value is -1.11. The van der Waals surface area contributed by atoms with Gasteiger partial charge in [-0.15, -0.1) is 0 Å². The number of alkyl halides is 3. The molecule has 1 heterocycles. The quantitative estimate of drug-likeness (QED) is 0.737. The Balaban J connectivity index is 2.75. The topological polar surface area (TPSA) is 28.7 Å². The number of hydrogen-bond acceptors (Lipinski definition) is 1. The van der Waals surface area contributed by atoms with Crippen molar-refractivity contribution in [3.63, 3.8) is 0 Å². The second-order valence-electron chi connectivity index (χ2n) is 2.85. The van der Waals surface area contributed by atoms with E-state index >= 15 is 0 Å². The van der Waals surface area contributed by atoms with Gasteiger partial charge in [0, 0.05) is 0 Å². The van der Waals surface area contributed by atoms with Crippen molar-refractivity contribution in [3.05, 3.63) is 28.2 Å². The fourth-order valence-corrected chi connectivity index (χ4v) is 1.89. The molecule has 15 heavy (non-hydrogen) atoms. The Morgan fingerprint density at radius 2 is 1.93 bits per heavy atom. The maximum Gasteiger partial charge on any atom is 0.417 e. The second kappa shape index (κ2) is 3.19. The molecular formula is C8H3BrF4N2. The molecule has 2 nitrogen and oxygen atoms in total. The molecule has 0 saturated heterocycles. The maximum absolute atomic E-state index is 12.7. The number of fused-ring (bicyclic) bond motifs is 1. The summed E-state index contributed by atoms with van der Waals surface area (Å²) >= 11 is 2.76. The number of halogens is 5. The van der Waals surface area contributed by atoms with E-state index in [9.17, 15) is 17.6 Å². The standard InChI is InChI=1S/C8H3BrF4N2/c9-5-3(8(11,12)13)1-2-4-6(5)15-7(10)14-4/h1-2H,(H,14,15). The van der Waals surface area contributed by atoms with E-state index in [-0.39, 0.29) is 15.5 Å². The summed E-state index contributed by atoms with van der Waals surface area (Å²) in [5, 5.41) is 0. The zero-order valence-corrected chi connectivity index (χ0v) is 8.58. The van der Waals surface area contributed by atoms with Gasteiger partial charge in [0.2, 0.25) is 0 Å². The van der Waals surface area contributed by atoms with Gasteiger partial charge in [0.05, 0.1) is 15.6 Å². The molecule has 7 heteroatoms. The summed E-state index contributed by atoms with van der Waals surface area (Å²) < 4.78 is 49.7. The molecule has 0 spiro atoms. The predicted octanol–water partition coefficient (Wildman–Crippen LogP) is 3.48. The molecule has 2 aromatic rings. The van der Waals surface area contributed by atoms with Gasteiger partial charge in [0.1, 0.15) is 5.52 Å². The number of hydrogen-bond donors (Lipinski definition) is 1. The van der Waals surface area contributed by atoms with E-state index in [1.165, 1.54) is 0 Å². The molecule has 0 aliphatic rings. The second-order valence-corrected chi connectivity index (χ2v) is 3.64. The molecule has 0 atom stereocenters. The minimum atomic E-state index is -4.48. The van der Waals surface area contributed by atoms with Crippen LogP contribution in [0, 0.1) is 6.08 Å². The number of aromatic nitrogens is 2. The molecule has 0 amide bonds. The summed E-state index contributed by atoms with van der Waals surface area (Å²) in [4.78, 5) is 5.52. The summed E-state index contributed by atoms with van der Waals surface area (Å²) in [6, 6.07) is 2.00. The molecule has 80 valence electrons. The summed E-state index contributed by atoms with van der Waals surface area (Å²) in [6.07, 6.45) is -5.40. The van der Waals surface area contributed by atoms with Gasteiger partial charge in [-0.1, -0.05) is 0 Å². The van der Waals surface area contributed by atoms with Crippen LogP contribution in [0.15, 0.2) is 16.6 Å². The molecule has 0 unspecified atom stereocenters. The van der Waals surface area contributed by atoms with Crippen LogP contribution in [0.5, 0.6) is 0 Å². The van der Waals surface area contributed by atoms with Gasteiger partial charge >= 0.3 is 6.18 Å². The largest absolute Gasteiger partial charge is 0.417 e. The zero-order chi connectivity index (χ0) is 11.2. The van der Waals surface area contributed by atoms with Crippen molar-refractivity contribution >= 4 is 27.0 Å². The molecule has 1 aromatic carbocycles. The van der Waals surface area contributed by atoms with Crippen LogP contribution in [-0.2, 0) is 6.18 Å². The van der Waals surface area contributed by atoms with Crippen LogP contribution in [0.25, 0.3) is 11.0 Å². The van der Waals surface area contributed by atoms with Crippen LogP contribution < -0.4 is 0 Å². The van der Waals surface area contributed by atoms with E-state index in [2.05, 4.69) is 25.9 Å². The third-order valence-corrected chi connectivity index (χ3v) is 2.67. The first-order valence-corrected chi connectivity index (χ1v) is 4.60.